The van der Waals surface area contributed by atoms with Gasteiger partial charge in [-0.05, 0) is 51.2 Å². The van der Waals surface area contributed by atoms with E-state index in [0.29, 0.717) is 35.1 Å². The third kappa shape index (κ3) is 6.08. The molecule has 2 aromatic rings. The summed E-state index contributed by atoms with van der Waals surface area (Å²) in [5.74, 6) is 0.790. The van der Waals surface area contributed by atoms with E-state index in [9.17, 15) is 9.59 Å². The van der Waals surface area contributed by atoms with Gasteiger partial charge < -0.3 is 10.1 Å². The predicted octanol–water partition coefficient (Wildman–Crippen LogP) is 4.00. The number of carbonyl (C=O) groups excluding carboxylic acids is 1. The molecule has 7 heteroatoms. The van der Waals surface area contributed by atoms with Gasteiger partial charge in [0.1, 0.15) is 0 Å². The van der Waals surface area contributed by atoms with Crippen molar-refractivity contribution in [1.29, 1.82) is 0 Å². The SMILES string of the molecule is CC(C)OCCCn1c(SCC(=O)N[C@H]2CCCC[C@@H]2C)nc2ccccc2c1=O. The van der Waals surface area contributed by atoms with Gasteiger partial charge in [0.05, 0.1) is 22.8 Å². The predicted molar refractivity (Wildman–Crippen MR) is 122 cm³/mol. The lowest BCUT2D eigenvalue weighted by Crippen LogP contribution is -2.42. The molecule has 1 aromatic carbocycles. The average molecular weight is 432 g/mol. The maximum absolute atomic E-state index is 13.1. The number of hydrogen-bond donors (Lipinski definition) is 1. The van der Waals surface area contributed by atoms with Gasteiger partial charge in [0.2, 0.25) is 5.91 Å². The smallest absolute Gasteiger partial charge is 0.262 e. The molecule has 1 saturated carbocycles. The second-order valence-corrected chi connectivity index (χ2v) is 9.31. The van der Waals surface area contributed by atoms with E-state index in [0.717, 1.165) is 12.8 Å². The first-order chi connectivity index (χ1) is 14.5. The van der Waals surface area contributed by atoms with Crippen LogP contribution in [-0.4, -0.2) is 40.0 Å². The molecule has 1 fully saturated rings. The molecule has 0 aliphatic heterocycles. The molecule has 1 aliphatic rings. The van der Waals surface area contributed by atoms with Crippen molar-refractivity contribution in [3.63, 3.8) is 0 Å². The molecule has 30 heavy (non-hydrogen) atoms. The van der Waals surface area contributed by atoms with Crippen LogP contribution in [0.15, 0.2) is 34.2 Å². The number of para-hydroxylation sites is 1. The summed E-state index contributed by atoms with van der Waals surface area (Å²) in [7, 11) is 0. The van der Waals surface area contributed by atoms with Crippen LogP contribution in [-0.2, 0) is 16.1 Å². The molecular formula is C23H33N3O3S. The van der Waals surface area contributed by atoms with Gasteiger partial charge in [0.15, 0.2) is 5.16 Å². The molecular weight excluding hydrogens is 398 g/mol. The molecule has 164 valence electrons. The van der Waals surface area contributed by atoms with Crippen LogP contribution in [0.5, 0.6) is 0 Å². The molecule has 2 atom stereocenters. The molecule has 3 rings (SSSR count). The molecule has 0 radical (unpaired) electrons. The molecule has 1 N–H and O–H groups in total. The second-order valence-electron chi connectivity index (χ2n) is 8.37. The zero-order valence-electron chi connectivity index (χ0n) is 18.2. The van der Waals surface area contributed by atoms with Crippen molar-refractivity contribution in [2.45, 2.75) is 76.7 Å². The fourth-order valence-electron chi connectivity index (χ4n) is 3.91. The van der Waals surface area contributed by atoms with E-state index < -0.39 is 0 Å². The minimum atomic E-state index is -0.0612. The Morgan fingerprint density at radius 2 is 2.07 bits per heavy atom. The van der Waals surface area contributed by atoms with Crippen LogP contribution in [0.2, 0.25) is 0 Å². The highest BCUT2D eigenvalue weighted by atomic mass is 32.2. The molecule has 1 aliphatic carbocycles. The van der Waals surface area contributed by atoms with E-state index >= 15 is 0 Å². The Morgan fingerprint density at radius 1 is 1.30 bits per heavy atom. The highest BCUT2D eigenvalue weighted by molar-refractivity contribution is 7.99. The number of nitrogens with one attached hydrogen (secondary N) is 1. The number of carbonyl (C=O) groups is 1. The van der Waals surface area contributed by atoms with Crippen LogP contribution in [0.4, 0.5) is 0 Å². The third-order valence-corrected chi connectivity index (χ3v) is 6.57. The fraction of sp³-hybridized carbons (Fsp3) is 0.609. The van der Waals surface area contributed by atoms with Gasteiger partial charge in [0.25, 0.3) is 5.56 Å². The third-order valence-electron chi connectivity index (χ3n) is 5.59. The number of hydrogen-bond acceptors (Lipinski definition) is 5. The monoisotopic (exact) mass is 431 g/mol. The minimum absolute atomic E-state index is 0.0100. The first kappa shape index (κ1) is 22.8. The lowest BCUT2D eigenvalue weighted by Gasteiger charge is -2.29. The number of nitrogens with zero attached hydrogens (tertiary/aromatic N) is 2. The van der Waals surface area contributed by atoms with E-state index in [1.165, 1.54) is 31.0 Å². The Hall–Kier alpha value is -1.86. The van der Waals surface area contributed by atoms with Gasteiger partial charge in [-0.1, -0.05) is 43.7 Å². The Balaban J connectivity index is 1.71. The van der Waals surface area contributed by atoms with Gasteiger partial charge in [-0.2, -0.15) is 0 Å². The molecule has 1 aromatic heterocycles. The number of aromatic nitrogens is 2. The van der Waals surface area contributed by atoms with Crippen molar-refractivity contribution in [3.05, 3.63) is 34.6 Å². The number of rotatable bonds is 9. The van der Waals surface area contributed by atoms with Crippen molar-refractivity contribution in [2.24, 2.45) is 5.92 Å². The first-order valence-corrected chi connectivity index (χ1v) is 12.0. The second kappa shape index (κ2) is 11.0. The summed E-state index contributed by atoms with van der Waals surface area (Å²) < 4.78 is 7.30. The Kier molecular flexibility index (Phi) is 8.33. The standard InChI is InChI=1S/C23H33N3O3S/c1-16(2)29-14-8-13-26-22(28)18-10-5-7-12-20(18)25-23(26)30-15-21(27)24-19-11-6-4-9-17(19)3/h5,7,10,12,16-17,19H,4,6,8-9,11,13-15H2,1-3H3,(H,24,27)/t17-,19-/m0/s1. The number of ether oxygens (including phenoxy) is 1. The number of benzene rings is 1. The lowest BCUT2D eigenvalue weighted by atomic mass is 9.86. The van der Waals surface area contributed by atoms with Crippen molar-refractivity contribution >= 4 is 28.6 Å². The number of fused-ring (bicyclic) bond motifs is 1. The van der Waals surface area contributed by atoms with Crippen molar-refractivity contribution < 1.29 is 9.53 Å². The summed E-state index contributed by atoms with van der Waals surface area (Å²) in [6.45, 7) is 7.31. The zero-order chi connectivity index (χ0) is 21.5. The zero-order valence-corrected chi connectivity index (χ0v) is 19.0. The Bertz CT molecular complexity index is 912. The highest BCUT2D eigenvalue weighted by Crippen LogP contribution is 2.24. The van der Waals surface area contributed by atoms with Gasteiger partial charge in [-0.3, -0.25) is 14.2 Å². The van der Waals surface area contributed by atoms with Crippen molar-refractivity contribution in [2.75, 3.05) is 12.4 Å². The fourth-order valence-corrected chi connectivity index (χ4v) is 4.74. The summed E-state index contributed by atoms with van der Waals surface area (Å²) in [6, 6.07) is 7.63. The van der Waals surface area contributed by atoms with Crippen molar-refractivity contribution in [1.82, 2.24) is 14.9 Å². The summed E-state index contributed by atoms with van der Waals surface area (Å²) in [5.41, 5.74) is 0.606. The minimum Gasteiger partial charge on any atom is -0.379 e. The topological polar surface area (TPSA) is 73.2 Å². The number of thioether (sulfide) groups is 1. The van der Waals surface area contributed by atoms with Crippen LogP contribution in [0.25, 0.3) is 10.9 Å². The lowest BCUT2D eigenvalue weighted by molar-refractivity contribution is -0.119. The molecule has 0 spiro atoms. The normalized spacial score (nSPS) is 19.3. The maximum atomic E-state index is 13.1. The van der Waals surface area contributed by atoms with E-state index in [4.69, 9.17) is 4.74 Å². The van der Waals surface area contributed by atoms with E-state index in [-0.39, 0.29) is 29.4 Å². The van der Waals surface area contributed by atoms with Crippen molar-refractivity contribution in [3.8, 4) is 0 Å². The quantitative estimate of drug-likeness (QED) is 0.369. The average Bonchev–Trinajstić information content (AvgIpc) is 2.72. The van der Waals surface area contributed by atoms with Gasteiger partial charge in [0, 0.05) is 19.2 Å². The number of amides is 1. The van der Waals surface area contributed by atoms with Crippen LogP contribution in [0.1, 0.15) is 52.9 Å². The van der Waals surface area contributed by atoms with Gasteiger partial charge >= 0.3 is 0 Å². The van der Waals surface area contributed by atoms with E-state index in [1.54, 1.807) is 10.6 Å². The molecule has 1 heterocycles. The Morgan fingerprint density at radius 3 is 2.83 bits per heavy atom. The summed E-state index contributed by atoms with van der Waals surface area (Å²) >= 11 is 1.34. The maximum Gasteiger partial charge on any atom is 0.262 e. The van der Waals surface area contributed by atoms with Crippen LogP contribution < -0.4 is 10.9 Å². The highest BCUT2D eigenvalue weighted by Gasteiger charge is 2.23. The first-order valence-electron chi connectivity index (χ1n) is 11.0. The summed E-state index contributed by atoms with van der Waals surface area (Å²) in [4.78, 5) is 30.3. The Labute approximate surface area is 182 Å². The van der Waals surface area contributed by atoms with Gasteiger partial charge in [-0.15, -0.1) is 0 Å². The summed E-state index contributed by atoms with van der Waals surface area (Å²) in [5, 5.41) is 4.38. The van der Waals surface area contributed by atoms with Crippen LogP contribution in [0, 0.1) is 5.92 Å². The van der Waals surface area contributed by atoms with Crippen LogP contribution in [0.3, 0.4) is 0 Å². The largest absolute Gasteiger partial charge is 0.379 e. The molecule has 0 unspecified atom stereocenters. The van der Waals surface area contributed by atoms with E-state index in [2.05, 4.69) is 17.2 Å². The van der Waals surface area contributed by atoms with Gasteiger partial charge in [-0.25, -0.2) is 4.98 Å². The molecule has 6 nitrogen and oxygen atoms in total. The summed E-state index contributed by atoms with van der Waals surface area (Å²) in [6.07, 6.45) is 5.52. The molecule has 0 saturated heterocycles. The van der Waals surface area contributed by atoms with Crippen LogP contribution >= 0.6 is 11.8 Å². The van der Waals surface area contributed by atoms with E-state index in [1.807, 2.05) is 32.0 Å². The molecule has 1 amide bonds. The molecule has 0 bridgehead atoms.